The lowest BCUT2D eigenvalue weighted by atomic mass is 10.2. The van der Waals surface area contributed by atoms with Gasteiger partial charge in [0.05, 0.1) is 11.1 Å². The van der Waals surface area contributed by atoms with E-state index in [0.717, 1.165) is 0 Å². The van der Waals surface area contributed by atoms with Crippen LogP contribution in [0.25, 0.3) is 0 Å². The van der Waals surface area contributed by atoms with Crippen molar-refractivity contribution in [2.24, 2.45) is 5.14 Å². The number of aromatic nitrogens is 1. The van der Waals surface area contributed by atoms with E-state index in [1.165, 1.54) is 42.6 Å². The monoisotopic (exact) mass is 290 g/mol. The number of sulfonamides is 1. The molecule has 2 aromatic rings. The van der Waals surface area contributed by atoms with Crippen LogP contribution in [0.2, 0.25) is 0 Å². The van der Waals surface area contributed by atoms with Gasteiger partial charge in [0, 0.05) is 17.2 Å². The lowest BCUT2D eigenvalue weighted by Gasteiger charge is -1.97. The number of hydrogen-bond acceptors (Lipinski definition) is 4. The Hall–Kier alpha value is -2.56. The molecule has 20 heavy (non-hydrogen) atoms. The Labute approximate surface area is 115 Å². The summed E-state index contributed by atoms with van der Waals surface area (Å²) in [5.41, 5.74) is 0.476. The van der Waals surface area contributed by atoms with E-state index >= 15 is 0 Å². The normalized spacial score (nSPS) is 10.7. The maximum Gasteiger partial charge on any atom is 0.282 e. The predicted octanol–water partition coefficient (Wildman–Crippen LogP) is 0.133. The van der Waals surface area contributed by atoms with Crippen molar-refractivity contribution in [3.8, 4) is 11.8 Å². The first-order chi connectivity index (χ1) is 9.36. The van der Waals surface area contributed by atoms with Crippen LogP contribution in [0, 0.1) is 11.8 Å². The largest absolute Gasteiger partial charge is 0.425 e. The summed E-state index contributed by atoms with van der Waals surface area (Å²) in [7, 11) is -3.72. The van der Waals surface area contributed by atoms with Crippen LogP contribution in [0.15, 0.2) is 52.3 Å². The highest BCUT2D eigenvalue weighted by atomic mass is 32.2. The molecule has 0 bridgehead atoms. The smallest absolute Gasteiger partial charge is 0.282 e. The molecule has 1 aromatic heterocycles. The Morgan fingerprint density at radius 3 is 2.10 bits per heavy atom. The molecule has 0 fully saturated rings. The van der Waals surface area contributed by atoms with Gasteiger partial charge in [0.15, 0.2) is 0 Å². The molecule has 6 nitrogen and oxygen atoms in total. The Kier molecular flexibility index (Phi) is 3.61. The van der Waals surface area contributed by atoms with Crippen LogP contribution in [-0.2, 0) is 10.0 Å². The second-order valence-corrected chi connectivity index (χ2v) is 5.48. The fourth-order valence-corrected chi connectivity index (χ4v) is 1.94. The van der Waals surface area contributed by atoms with Gasteiger partial charge in [-0.25, -0.2) is 13.6 Å². The molecule has 0 atom stereocenters. The van der Waals surface area contributed by atoms with Crippen molar-refractivity contribution in [1.29, 1.82) is 0 Å². The van der Waals surface area contributed by atoms with Crippen molar-refractivity contribution >= 4 is 10.0 Å². The van der Waals surface area contributed by atoms with Gasteiger partial charge in [-0.15, -0.1) is 0 Å². The molecule has 0 saturated heterocycles. The summed E-state index contributed by atoms with van der Waals surface area (Å²) >= 11 is 0. The highest BCUT2D eigenvalue weighted by Crippen LogP contribution is 2.07. The molecule has 1 aromatic carbocycles. The number of rotatable bonds is 1. The second-order valence-electron chi connectivity index (χ2n) is 3.92. The molecule has 1 heterocycles. The molecule has 7 heteroatoms. The molecule has 0 unspecified atom stereocenters. The van der Waals surface area contributed by atoms with E-state index in [1.54, 1.807) is 0 Å². The van der Waals surface area contributed by atoms with Gasteiger partial charge in [0.2, 0.25) is 10.0 Å². The quantitative estimate of drug-likeness (QED) is 0.575. The number of pyridine rings is 1. The number of benzene rings is 1. The fourth-order valence-electron chi connectivity index (χ4n) is 1.42. The average Bonchev–Trinajstić information content (AvgIpc) is 2.40. The number of nitrogens with zero attached hydrogens (tertiary/aromatic N) is 1. The van der Waals surface area contributed by atoms with Crippen LogP contribution in [0.4, 0.5) is 0 Å². The third-order valence-corrected chi connectivity index (χ3v) is 3.36. The minimum Gasteiger partial charge on any atom is -0.425 e. The summed E-state index contributed by atoms with van der Waals surface area (Å²) in [6.07, 6.45) is 1.19. The van der Waals surface area contributed by atoms with Crippen molar-refractivity contribution < 1.29 is 13.6 Å². The maximum atomic E-state index is 11.1. The van der Waals surface area contributed by atoms with Gasteiger partial charge in [0.1, 0.15) is 0 Å². The standard InChI is InChI=1S/C13H10N2O4S/c14-20(18,19)12-6-3-10(4-7-12)1-2-11-5-8-13(16)15(17)9-11/h3-9,17H,(H2,14,18,19). The summed E-state index contributed by atoms with van der Waals surface area (Å²) in [4.78, 5) is 11.0. The first-order valence-corrected chi connectivity index (χ1v) is 6.98. The van der Waals surface area contributed by atoms with Crippen LogP contribution in [0.1, 0.15) is 11.1 Å². The Balaban J connectivity index is 2.29. The molecule has 2 rings (SSSR count). The summed E-state index contributed by atoms with van der Waals surface area (Å²) in [5, 5.41) is 14.2. The van der Waals surface area contributed by atoms with Crippen molar-refractivity contribution in [2.45, 2.75) is 4.90 Å². The topological polar surface area (TPSA) is 102 Å². The van der Waals surface area contributed by atoms with Crippen LogP contribution in [0.3, 0.4) is 0 Å². The zero-order valence-corrected chi connectivity index (χ0v) is 11.0. The van der Waals surface area contributed by atoms with Crippen molar-refractivity contribution in [3.05, 3.63) is 64.1 Å². The molecule has 0 saturated carbocycles. The number of nitrogens with two attached hydrogens (primary N) is 1. The maximum absolute atomic E-state index is 11.1. The van der Waals surface area contributed by atoms with Gasteiger partial charge >= 0.3 is 0 Å². The minimum atomic E-state index is -3.72. The fraction of sp³-hybridized carbons (Fsp3) is 0. The molecular formula is C13H10N2O4S. The van der Waals surface area contributed by atoms with Crippen LogP contribution in [-0.4, -0.2) is 18.4 Å². The third kappa shape index (κ3) is 3.26. The van der Waals surface area contributed by atoms with E-state index in [-0.39, 0.29) is 4.90 Å². The molecule has 0 aliphatic rings. The van der Waals surface area contributed by atoms with E-state index in [2.05, 4.69) is 11.8 Å². The number of hydrogen-bond donors (Lipinski definition) is 2. The summed E-state index contributed by atoms with van der Waals surface area (Å²) in [5.74, 6) is 5.51. The minimum absolute atomic E-state index is 0.00644. The zero-order valence-electron chi connectivity index (χ0n) is 10.1. The van der Waals surface area contributed by atoms with Crippen LogP contribution in [0.5, 0.6) is 0 Å². The summed E-state index contributed by atoms with van der Waals surface area (Å²) in [6.45, 7) is 0. The summed E-state index contributed by atoms with van der Waals surface area (Å²) in [6, 6.07) is 8.40. The molecular weight excluding hydrogens is 280 g/mol. The van der Waals surface area contributed by atoms with Crippen molar-refractivity contribution in [3.63, 3.8) is 0 Å². The van der Waals surface area contributed by atoms with E-state index in [9.17, 15) is 18.4 Å². The van der Waals surface area contributed by atoms with Crippen molar-refractivity contribution in [1.82, 2.24) is 4.73 Å². The Bertz CT molecular complexity index is 856. The average molecular weight is 290 g/mol. The van der Waals surface area contributed by atoms with E-state index in [1.807, 2.05) is 0 Å². The van der Waals surface area contributed by atoms with Gasteiger partial charge in [-0.2, -0.15) is 4.73 Å². The zero-order chi connectivity index (χ0) is 14.8. The molecule has 102 valence electrons. The van der Waals surface area contributed by atoms with Gasteiger partial charge in [-0.1, -0.05) is 11.8 Å². The molecule has 0 spiro atoms. The molecule has 0 radical (unpaired) electrons. The van der Waals surface area contributed by atoms with Gasteiger partial charge in [-0.3, -0.25) is 4.79 Å². The molecule has 3 N–H and O–H groups in total. The third-order valence-electron chi connectivity index (χ3n) is 2.43. The Morgan fingerprint density at radius 1 is 1.00 bits per heavy atom. The highest BCUT2D eigenvalue weighted by Gasteiger charge is 2.05. The highest BCUT2D eigenvalue weighted by molar-refractivity contribution is 7.89. The molecule has 0 amide bonds. The van der Waals surface area contributed by atoms with Gasteiger partial charge in [0.25, 0.3) is 5.56 Å². The van der Waals surface area contributed by atoms with Gasteiger partial charge < -0.3 is 5.21 Å². The Morgan fingerprint density at radius 2 is 1.55 bits per heavy atom. The van der Waals surface area contributed by atoms with E-state index in [4.69, 9.17) is 5.14 Å². The van der Waals surface area contributed by atoms with Crippen LogP contribution >= 0.6 is 0 Å². The SMILES string of the molecule is NS(=O)(=O)c1ccc(C#Cc2ccc(=O)n(O)c2)cc1. The summed E-state index contributed by atoms with van der Waals surface area (Å²) < 4.78 is 22.6. The van der Waals surface area contributed by atoms with Crippen molar-refractivity contribution in [2.75, 3.05) is 0 Å². The van der Waals surface area contributed by atoms with Gasteiger partial charge in [-0.05, 0) is 30.3 Å². The van der Waals surface area contributed by atoms with E-state index < -0.39 is 15.6 Å². The first kappa shape index (κ1) is 13.9. The van der Waals surface area contributed by atoms with Crippen LogP contribution < -0.4 is 10.7 Å². The molecule has 0 aliphatic heterocycles. The first-order valence-electron chi connectivity index (χ1n) is 5.43. The lowest BCUT2D eigenvalue weighted by molar-refractivity contribution is 0.174. The lowest BCUT2D eigenvalue weighted by Crippen LogP contribution is -2.15. The second kappa shape index (κ2) is 5.21. The molecule has 0 aliphatic carbocycles. The predicted molar refractivity (Wildman–Crippen MR) is 71.7 cm³/mol. The number of primary sulfonamides is 1. The van der Waals surface area contributed by atoms with E-state index in [0.29, 0.717) is 15.9 Å².